The molecule has 42 heavy (non-hydrogen) atoms. The third kappa shape index (κ3) is 5.37. The fourth-order valence-corrected chi connectivity index (χ4v) is 6.45. The highest BCUT2D eigenvalue weighted by molar-refractivity contribution is 5.86. The molecule has 1 aromatic heterocycles. The first-order valence-electron chi connectivity index (χ1n) is 14.9. The quantitative estimate of drug-likeness (QED) is 0.193. The summed E-state index contributed by atoms with van der Waals surface area (Å²) in [4.78, 5) is 28.8. The van der Waals surface area contributed by atoms with Crippen LogP contribution in [0.4, 0.5) is 5.69 Å². The molecule has 0 spiro atoms. The van der Waals surface area contributed by atoms with Crippen LogP contribution < -0.4 is 10.6 Å². The molecule has 0 N–H and O–H groups in total. The Labute approximate surface area is 246 Å². The highest BCUT2D eigenvalue weighted by atomic mass is 16.5. The summed E-state index contributed by atoms with van der Waals surface area (Å²) in [6, 6.07) is 32.7. The van der Waals surface area contributed by atoms with Gasteiger partial charge in [0.1, 0.15) is 0 Å². The van der Waals surface area contributed by atoms with Crippen molar-refractivity contribution < 1.29 is 9.53 Å². The minimum Gasteiger partial charge on any atom is -0.466 e. The van der Waals surface area contributed by atoms with Crippen molar-refractivity contribution >= 4 is 22.4 Å². The van der Waals surface area contributed by atoms with E-state index in [1.54, 1.807) is 9.13 Å². The number of rotatable bonds is 8. The monoisotopic (exact) mass is 559 g/mol. The summed E-state index contributed by atoms with van der Waals surface area (Å²) in [6.45, 7) is 6.06. The predicted octanol–water partition coefficient (Wildman–Crippen LogP) is 6.96. The Morgan fingerprint density at radius 1 is 0.833 bits per heavy atom. The van der Waals surface area contributed by atoms with Crippen molar-refractivity contribution in [3.05, 3.63) is 131 Å². The maximum atomic E-state index is 13.5. The van der Waals surface area contributed by atoms with Crippen LogP contribution in [-0.4, -0.2) is 34.8 Å². The molecule has 0 radical (unpaired) electrons. The number of hydrogen-bond acceptors (Lipinski definition) is 4. The lowest BCUT2D eigenvalue weighted by Crippen LogP contribution is -2.37. The summed E-state index contributed by atoms with van der Waals surface area (Å²) in [7, 11) is 0. The molecule has 1 fully saturated rings. The van der Waals surface area contributed by atoms with Gasteiger partial charge in [-0.15, -0.1) is 0 Å². The lowest BCUT2D eigenvalue weighted by molar-refractivity contribution is -0.146. The third-order valence-electron chi connectivity index (χ3n) is 8.70. The molecule has 0 saturated carbocycles. The van der Waals surface area contributed by atoms with E-state index in [0.29, 0.717) is 6.61 Å². The second kappa shape index (κ2) is 12.1. The summed E-state index contributed by atoms with van der Waals surface area (Å²) in [5.74, 6) is -0.120. The van der Waals surface area contributed by atoms with E-state index in [1.807, 2.05) is 73.9 Å². The van der Waals surface area contributed by atoms with Crippen LogP contribution in [0.5, 0.6) is 0 Å². The molecule has 4 aromatic carbocycles. The van der Waals surface area contributed by atoms with Crippen LogP contribution in [0.3, 0.4) is 0 Å². The van der Waals surface area contributed by atoms with Crippen molar-refractivity contribution in [3.63, 3.8) is 0 Å². The molecule has 6 nitrogen and oxygen atoms in total. The number of carbonyl (C=O) groups excluding carboxylic acids is 1. The van der Waals surface area contributed by atoms with Gasteiger partial charge in [-0.05, 0) is 78.8 Å². The highest BCUT2D eigenvalue weighted by Crippen LogP contribution is 2.35. The number of carbonyl (C=O) groups is 1. The minimum absolute atomic E-state index is 0.0603. The summed E-state index contributed by atoms with van der Waals surface area (Å²) in [5, 5.41) is 2.34. The smallest absolute Gasteiger partial charge is 0.333 e. The number of nitrogens with zero attached hydrogens (tertiary/aromatic N) is 3. The van der Waals surface area contributed by atoms with Gasteiger partial charge in [-0.3, -0.25) is 13.9 Å². The Kier molecular flexibility index (Phi) is 7.95. The van der Waals surface area contributed by atoms with Crippen molar-refractivity contribution in [2.45, 2.75) is 38.6 Å². The molecule has 6 heteroatoms. The van der Waals surface area contributed by atoms with Crippen molar-refractivity contribution in [1.29, 1.82) is 0 Å². The van der Waals surface area contributed by atoms with Gasteiger partial charge in [0.2, 0.25) is 0 Å². The van der Waals surface area contributed by atoms with Gasteiger partial charge in [0.25, 0.3) is 0 Å². The maximum absolute atomic E-state index is 13.5. The van der Waals surface area contributed by atoms with Gasteiger partial charge >= 0.3 is 11.7 Å². The molecule has 1 saturated heterocycles. The molecular weight excluding hydrogens is 522 g/mol. The van der Waals surface area contributed by atoms with Gasteiger partial charge in [0, 0.05) is 31.2 Å². The van der Waals surface area contributed by atoms with E-state index < -0.39 is 0 Å². The van der Waals surface area contributed by atoms with E-state index in [0.717, 1.165) is 53.8 Å². The summed E-state index contributed by atoms with van der Waals surface area (Å²) in [5.41, 5.74) is 4.07. The van der Waals surface area contributed by atoms with Gasteiger partial charge in [0.15, 0.2) is 0 Å². The van der Waals surface area contributed by atoms with E-state index in [2.05, 4.69) is 54.3 Å². The van der Waals surface area contributed by atoms with E-state index in [9.17, 15) is 9.59 Å². The van der Waals surface area contributed by atoms with Gasteiger partial charge in [0.05, 0.1) is 24.3 Å². The summed E-state index contributed by atoms with van der Waals surface area (Å²) < 4.78 is 8.97. The number of anilines is 1. The molecule has 5 aromatic rings. The molecule has 1 aliphatic heterocycles. The molecule has 0 bridgehead atoms. The number of fused-ring (bicyclic) bond motifs is 1. The summed E-state index contributed by atoms with van der Waals surface area (Å²) in [6.07, 6.45) is 5.55. The van der Waals surface area contributed by atoms with Gasteiger partial charge < -0.3 is 9.64 Å². The third-order valence-corrected chi connectivity index (χ3v) is 8.70. The number of esters is 1. The first-order chi connectivity index (χ1) is 20.5. The normalized spacial score (nSPS) is 15.4. The molecule has 1 aliphatic rings. The molecule has 2 atom stereocenters. The van der Waals surface area contributed by atoms with E-state index >= 15 is 0 Å². The lowest BCUT2D eigenvalue weighted by atomic mass is 9.80. The SMILES string of the molecule is CCOC(=O)C(c1ccccc1)C1CCN(c2ccc(-n3ccn([C@H](C)c4cccc5ccccc45)c3=O)cc2)CC1. The number of benzene rings is 4. The Bertz CT molecular complexity index is 1710. The average molecular weight is 560 g/mol. The second-order valence-electron chi connectivity index (χ2n) is 11.1. The maximum Gasteiger partial charge on any atom is 0.333 e. The van der Waals surface area contributed by atoms with Crippen LogP contribution in [0.15, 0.2) is 114 Å². The number of piperidine rings is 1. The number of aromatic nitrogens is 2. The van der Waals surface area contributed by atoms with E-state index in [1.165, 1.54) is 5.39 Å². The second-order valence-corrected chi connectivity index (χ2v) is 11.1. The molecule has 6 rings (SSSR count). The van der Waals surface area contributed by atoms with Crippen LogP contribution in [0.2, 0.25) is 0 Å². The molecule has 1 unspecified atom stereocenters. The van der Waals surface area contributed by atoms with Gasteiger partial charge in [-0.2, -0.15) is 0 Å². The molecule has 214 valence electrons. The average Bonchev–Trinajstić information content (AvgIpc) is 3.42. The molecular formula is C36H37N3O3. The fraction of sp³-hybridized carbons (Fsp3) is 0.278. The fourth-order valence-electron chi connectivity index (χ4n) is 6.45. The highest BCUT2D eigenvalue weighted by Gasteiger charge is 2.33. The largest absolute Gasteiger partial charge is 0.466 e. The van der Waals surface area contributed by atoms with Crippen molar-refractivity contribution in [3.8, 4) is 5.69 Å². The van der Waals surface area contributed by atoms with Crippen molar-refractivity contribution in [1.82, 2.24) is 9.13 Å². The van der Waals surface area contributed by atoms with Crippen LogP contribution in [0, 0.1) is 5.92 Å². The summed E-state index contributed by atoms with van der Waals surface area (Å²) >= 11 is 0. The Hall–Kier alpha value is -4.58. The van der Waals surface area contributed by atoms with Gasteiger partial charge in [-0.1, -0.05) is 72.8 Å². The Balaban J connectivity index is 1.16. The van der Waals surface area contributed by atoms with Crippen molar-refractivity contribution in [2.24, 2.45) is 5.92 Å². The topological polar surface area (TPSA) is 56.5 Å². The van der Waals surface area contributed by atoms with Gasteiger partial charge in [-0.25, -0.2) is 4.79 Å². The lowest BCUT2D eigenvalue weighted by Gasteiger charge is -2.36. The van der Waals surface area contributed by atoms with E-state index in [4.69, 9.17) is 4.74 Å². The van der Waals surface area contributed by atoms with Crippen LogP contribution in [-0.2, 0) is 9.53 Å². The van der Waals surface area contributed by atoms with E-state index in [-0.39, 0.29) is 29.5 Å². The first-order valence-corrected chi connectivity index (χ1v) is 14.9. The van der Waals surface area contributed by atoms with Crippen LogP contribution in [0.1, 0.15) is 49.8 Å². The van der Waals surface area contributed by atoms with Crippen LogP contribution in [0.25, 0.3) is 16.5 Å². The zero-order chi connectivity index (χ0) is 29.1. The van der Waals surface area contributed by atoms with Crippen molar-refractivity contribution in [2.75, 3.05) is 24.6 Å². The van der Waals surface area contributed by atoms with Crippen LogP contribution >= 0.6 is 0 Å². The molecule has 2 heterocycles. The number of ether oxygens (including phenoxy) is 1. The zero-order valence-electron chi connectivity index (χ0n) is 24.2. The molecule has 0 aliphatic carbocycles. The number of imidazole rings is 1. The first kappa shape index (κ1) is 27.6. The predicted molar refractivity (Wildman–Crippen MR) is 169 cm³/mol. The Morgan fingerprint density at radius 2 is 1.50 bits per heavy atom. The standard InChI is InChI=1S/C36H37N3O3/c1-3-42-35(40)34(28-11-5-4-6-12-28)29-20-22-37(23-21-29)30-16-18-31(19-17-30)39-25-24-38(36(39)41)26(2)32-15-9-13-27-10-7-8-14-33(27)32/h4-19,24-26,29,34H,3,20-23H2,1-2H3/t26-,34?/m1/s1. The minimum atomic E-state index is -0.233. The zero-order valence-corrected chi connectivity index (χ0v) is 24.2. The molecule has 0 amide bonds. The number of hydrogen-bond donors (Lipinski definition) is 0. The Morgan fingerprint density at radius 3 is 2.24 bits per heavy atom.